The molecule has 0 spiro atoms. The summed E-state index contributed by atoms with van der Waals surface area (Å²) in [6.45, 7) is 3.70. The summed E-state index contributed by atoms with van der Waals surface area (Å²) in [7, 11) is 0. The maximum absolute atomic E-state index is 13.6. The van der Waals surface area contributed by atoms with Crippen LogP contribution in [0.4, 0.5) is 13.2 Å². The van der Waals surface area contributed by atoms with Gasteiger partial charge in [-0.15, -0.1) is 0 Å². The molecule has 1 aromatic carbocycles. The minimum atomic E-state index is -4.39. The fraction of sp³-hybridized carbons (Fsp3) is 0.636. The number of aromatic nitrogens is 2. The van der Waals surface area contributed by atoms with Crippen LogP contribution < -0.4 is 5.32 Å². The minimum Gasteiger partial charge on any atom is -0.339 e. The molecule has 0 bridgehead atoms. The lowest BCUT2D eigenvalue weighted by Gasteiger charge is -2.22. The standard InChI is InChI=1S/C22H30F3N3O/c1-2-3-4-5-6-7-8-9-10-16-11-12-17(13-19(16)22(23,24)25)20-27-21(29-28-20)18-14-26-15-18/h11-13,18,26H,2-10,14-15H2,1H3. The number of hydrogen-bond acceptors (Lipinski definition) is 4. The Morgan fingerprint density at radius 1 is 1.03 bits per heavy atom. The molecule has 0 atom stereocenters. The van der Waals surface area contributed by atoms with E-state index in [1.54, 1.807) is 12.1 Å². The summed E-state index contributed by atoms with van der Waals surface area (Å²) < 4.78 is 46.1. The molecule has 0 radical (unpaired) electrons. The highest BCUT2D eigenvalue weighted by Crippen LogP contribution is 2.35. The molecular weight excluding hydrogens is 379 g/mol. The lowest BCUT2D eigenvalue weighted by atomic mass is 9.97. The van der Waals surface area contributed by atoms with Crippen molar-refractivity contribution in [2.75, 3.05) is 13.1 Å². The van der Waals surface area contributed by atoms with E-state index in [4.69, 9.17) is 4.52 Å². The van der Waals surface area contributed by atoms with Crippen molar-refractivity contribution >= 4 is 0 Å². The van der Waals surface area contributed by atoms with Gasteiger partial charge in [0.1, 0.15) is 0 Å². The molecule has 1 aromatic heterocycles. The van der Waals surface area contributed by atoms with Gasteiger partial charge in [-0.2, -0.15) is 18.2 Å². The van der Waals surface area contributed by atoms with Crippen LogP contribution in [0.15, 0.2) is 22.7 Å². The predicted molar refractivity (Wildman–Crippen MR) is 107 cm³/mol. The van der Waals surface area contributed by atoms with Gasteiger partial charge in [0, 0.05) is 18.7 Å². The maximum atomic E-state index is 13.6. The lowest BCUT2D eigenvalue weighted by Crippen LogP contribution is -2.40. The summed E-state index contributed by atoms with van der Waals surface area (Å²) in [6.07, 6.45) is 5.01. The molecule has 160 valence electrons. The fourth-order valence-corrected chi connectivity index (χ4v) is 3.63. The Kier molecular flexibility index (Phi) is 7.70. The Bertz CT molecular complexity index is 769. The van der Waals surface area contributed by atoms with Crippen LogP contribution in [-0.4, -0.2) is 23.2 Å². The molecule has 2 aromatic rings. The van der Waals surface area contributed by atoms with Crippen LogP contribution in [0.2, 0.25) is 0 Å². The number of hydrogen-bond donors (Lipinski definition) is 1. The predicted octanol–water partition coefficient (Wildman–Crippen LogP) is 6.13. The van der Waals surface area contributed by atoms with Crippen molar-refractivity contribution in [3.8, 4) is 11.4 Å². The van der Waals surface area contributed by atoms with E-state index in [9.17, 15) is 13.2 Å². The van der Waals surface area contributed by atoms with E-state index in [-0.39, 0.29) is 11.7 Å². The van der Waals surface area contributed by atoms with E-state index in [1.807, 2.05) is 0 Å². The second-order valence-corrected chi connectivity index (χ2v) is 7.91. The average Bonchev–Trinajstić information content (AvgIpc) is 3.11. The number of aryl methyl sites for hydroxylation is 1. The van der Waals surface area contributed by atoms with Crippen LogP contribution in [0.3, 0.4) is 0 Å². The van der Waals surface area contributed by atoms with Gasteiger partial charge in [0.05, 0.1) is 11.5 Å². The van der Waals surface area contributed by atoms with Gasteiger partial charge in [-0.05, 0) is 24.5 Å². The second kappa shape index (κ2) is 10.2. The molecule has 4 nitrogen and oxygen atoms in total. The Labute approximate surface area is 170 Å². The Morgan fingerprint density at radius 3 is 2.34 bits per heavy atom. The monoisotopic (exact) mass is 409 g/mol. The van der Waals surface area contributed by atoms with Crippen LogP contribution in [-0.2, 0) is 12.6 Å². The molecule has 29 heavy (non-hydrogen) atoms. The third-order valence-electron chi connectivity index (χ3n) is 5.55. The Hall–Kier alpha value is -1.89. The Balaban J connectivity index is 1.60. The normalized spacial score (nSPS) is 14.9. The number of alkyl halides is 3. The van der Waals surface area contributed by atoms with Gasteiger partial charge >= 0.3 is 6.18 Å². The molecule has 0 saturated carbocycles. The smallest absolute Gasteiger partial charge is 0.339 e. The van der Waals surface area contributed by atoms with Gasteiger partial charge in [-0.25, -0.2) is 0 Å². The first-order chi connectivity index (χ1) is 14.0. The van der Waals surface area contributed by atoms with Gasteiger partial charge in [-0.1, -0.05) is 69.2 Å². The molecule has 0 amide bonds. The van der Waals surface area contributed by atoms with Crippen molar-refractivity contribution < 1.29 is 17.7 Å². The van der Waals surface area contributed by atoms with Crippen LogP contribution in [0.5, 0.6) is 0 Å². The van der Waals surface area contributed by atoms with E-state index < -0.39 is 11.7 Å². The molecule has 3 rings (SSSR count). The summed E-state index contributed by atoms with van der Waals surface area (Å²) in [5.74, 6) is 0.853. The molecule has 0 aliphatic carbocycles. The van der Waals surface area contributed by atoms with Crippen LogP contribution in [0.1, 0.15) is 81.2 Å². The zero-order valence-corrected chi connectivity index (χ0v) is 17.0. The summed E-state index contributed by atoms with van der Waals surface area (Å²) >= 11 is 0. The first-order valence-corrected chi connectivity index (χ1v) is 10.7. The number of unbranched alkanes of at least 4 members (excludes halogenated alkanes) is 7. The number of benzene rings is 1. The number of halogens is 3. The molecular formula is C22H30F3N3O. The van der Waals surface area contributed by atoms with Crippen molar-refractivity contribution in [1.82, 2.24) is 15.5 Å². The van der Waals surface area contributed by atoms with Crippen molar-refractivity contribution in [3.63, 3.8) is 0 Å². The third-order valence-corrected chi connectivity index (χ3v) is 5.55. The molecule has 1 aliphatic heterocycles. The highest BCUT2D eigenvalue weighted by molar-refractivity contribution is 5.57. The summed E-state index contributed by atoms with van der Waals surface area (Å²) in [5.41, 5.74) is 0.105. The number of nitrogens with zero attached hydrogens (tertiary/aromatic N) is 2. The van der Waals surface area contributed by atoms with Gasteiger partial charge in [0.2, 0.25) is 11.7 Å². The summed E-state index contributed by atoms with van der Waals surface area (Å²) in [6, 6.07) is 4.40. The first-order valence-electron chi connectivity index (χ1n) is 10.7. The summed E-state index contributed by atoms with van der Waals surface area (Å²) in [5, 5.41) is 6.99. The van der Waals surface area contributed by atoms with Crippen LogP contribution in [0.25, 0.3) is 11.4 Å². The molecule has 1 N–H and O–H groups in total. The summed E-state index contributed by atoms with van der Waals surface area (Å²) in [4.78, 5) is 4.29. The maximum Gasteiger partial charge on any atom is 0.416 e. The Morgan fingerprint density at radius 2 is 1.72 bits per heavy atom. The topological polar surface area (TPSA) is 51.0 Å². The zero-order valence-electron chi connectivity index (χ0n) is 17.0. The van der Waals surface area contributed by atoms with Crippen molar-refractivity contribution in [3.05, 3.63) is 35.2 Å². The quantitative estimate of drug-likeness (QED) is 0.454. The molecule has 1 saturated heterocycles. The molecule has 7 heteroatoms. The van der Waals surface area contributed by atoms with E-state index in [0.717, 1.165) is 38.4 Å². The lowest BCUT2D eigenvalue weighted by molar-refractivity contribution is -0.138. The largest absolute Gasteiger partial charge is 0.416 e. The van der Waals surface area contributed by atoms with Crippen LogP contribution in [0, 0.1) is 0 Å². The highest BCUT2D eigenvalue weighted by atomic mass is 19.4. The molecule has 1 fully saturated rings. The number of rotatable bonds is 11. The average molecular weight is 409 g/mol. The van der Waals surface area contributed by atoms with E-state index in [0.29, 0.717) is 23.4 Å². The highest BCUT2D eigenvalue weighted by Gasteiger charge is 2.34. The zero-order chi connectivity index (χ0) is 20.7. The van der Waals surface area contributed by atoms with Crippen LogP contribution >= 0.6 is 0 Å². The van der Waals surface area contributed by atoms with Gasteiger partial charge < -0.3 is 9.84 Å². The molecule has 1 aliphatic rings. The first kappa shape index (κ1) is 21.8. The van der Waals surface area contributed by atoms with Crippen molar-refractivity contribution in [1.29, 1.82) is 0 Å². The van der Waals surface area contributed by atoms with Gasteiger partial charge in [-0.3, -0.25) is 0 Å². The van der Waals surface area contributed by atoms with E-state index in [2.05, 4.69) is 22.4 Å². The van der Waals surface area contributed by atoms with Crippen molar-refractivity contribution in [2.45, 2.75) is 76.8 Å². The molecule has 0 unspecified atom stereocenters. The second-order valence-electron chi connectivity index (χ2n) is 7.91. The third kappa shape index (κ3) is 6.04. The van der Waals surface area contributed by atoms with E-state index >= 15 is 0 Å². The fourth-order valence-electron chi connectivity index (χ4n) is 3.63. The van der Waals surface area contributed by atoms with Crippen molar-refractivity contribution in [2.24, 2.45) is 0 Å². The minimum absolute atomic E-state index is 0.152. The van der Waals surface area contributed by atoms with Gasteiger partial charge in [0.25, 0.3) is 0 Å². The SMILES string of the molecule is CCCCCCCCCCc1ccc(-c2noc(C3CNC3)n2)cc1C(F)(F)F. The number of nitrogens with one attached hydrogen (secondary N) is 1. The van der Waals surface area contributed by atoms with Gasteiger partial charge in [0.15, 0.2) is 0 Å². The van der Waals surface area contributed by atoms with E-state index in [1.165, 1.54) is 32.1 Å². The molecule has 2 heterocycles.